The number of carbonyl (C=O) groups is 2. The highest BCUT2D eigenvalue weighted by atomic mass is 32.2. The smallest absolute Gasteiger partial charge is 0.155 e. The fourth-order valence-electron chi connectivity index (χ4n) is 6.68. The third-order valence-corrected chi connectivity index (χ3v) is 9.09. The van der Waals surface area contributed by atoms with Gasteiger partial charge in [-0.15, -0.1) is 0 Å². The number of fused-ring (bicyclic) bond motifs is 5. The number of Topliss-reactive ketones (excluding diaryl/α,β-unsaturated/α-hetero) is 1. The minimum atomic E-state index is -0.0246. The Hall–Kier alpha value is -1.10. The minimum absolute atomic E-state index is 0.0246. The van der Waals surface area contributed by atoms with Crippen LogP contribution in [0.15, 0.2) is 16.6 Å². The summed E-state index contributed by atoms with van der Waals surface area (Å²) in [4.78, 5) is 28.0. The van der Waals surface area contributed by atoms with Crippen molar-refractivity contribution in [1.29, 1.82) is 0 Å². The first kappa shape index (κ1) is 19.2. The Morgan fingerprint density at radius 3 is 2.48 bits per heavy atom. The monoisotopic (exact) mass is 388 g/mol. The van der Waals surface area contributed by atoms with E-state index in [0.29, 0.717) is 29.3 Å². The number of aliphatic imine (C=N–C) groups is 1. The Morgan fingerprint density at radius 2 is 1.81 bits per heavy atom. The number of amidine groups is 1. The average molecular weight is 389 g/mol. The molecule has 0 amide bonds. The van der Waals surface area contributed by atoms with E-state index in [1.54, 1.807) is 11.8 Å². The summed E-state index contributed by atoms with van der Waals surface area (Å²) in [5.74, 6) is 3.96. The molecule has 0 aromatic carbocycles. The Morgan fingerprint density at radius 1 is 1.04 bits per heavy atom. The lowest BCUT2D eigenvalue weighted by Crippen LogP contribution is -2.50. The van der Waals surface area contributed by atoms with Crippen molar-refractivity contribution in [3.63, 3.8) is 0 Å². The van der Waals surface area contributed by atoms with Gasteiger partial charge in [-0.2, -0.15) is 0 Å². The van der Waals surface area contributed by atoms with Gasteiger partial charge in [-0.25, -0.2) is 0 Å². The third-order valence-electron chi connectivity index (χ3n) is 8.28. The number of hydrogen-bond donors (Lipinski definition) is 1. The van der Waals surface area contributed by atoms with Crippen LogP contribution in [0.5, 0.6) is 0 Å². The standard InChI is InChI=1S/C19H26O2.C3H6N2S/c1-18-9-7-13(20)11-12(18)3-4-14-15-5-6-17(21)19(15,2)10-8-16(14)18;4-3-5-1-2-6-3/h11,14-16H,3-10H2,1-2H3;1-2H2,(H2,4,5)/t14-,15-,16-,18-,19-;/m0./s1. The van der Waals surface area contributed by atoms with Gasteiger partial charge in [-0.05, 0) is 67.8 Å². The second-order valence-corrected chi connectivity index (χ2v) is 10.6. The second-order valence-electron chi connectivity index (χ2n) is 9.46. The van der Waals surface area contributed by atoms with Gasteiger partial charge < -0.3 is 5.73 Å². The Bertz CT molecular complexity index is 715. The summed E-state index contributed by atoms with van der Waals surface area (Å²) in [6.45, 7) is 5.55. The van der Waals surface area contributed by atoms with Gasteiger partial charge in [0.05, 0.1) is 6.54 Å². The molecule has 0 aromatic heterocycles. The molecule has 5 heteroatoms. The number of allylic oxidation sites excluding steroid dienone is 1. The molecule has 3 saturated carbocycles. The van der Waals surface area contributed by atoms with E-state index >= 15 is 0 Å². The van der Waals surface area contributed by atoms with Crippen molar-refractivity contribution >= 4 is 28.5 Å². The molecule has 3 fully saturated rings. The number of thioether (sulfide) groups is 1. The predicted molar refractivity (Wildman–Crippen MR) is 111 cm³/mol. The van der Waals surface area contributed by atoms with Crippen LogP contribution in [0.3, 0.4) is 0 Å². The molecule has 0 unspecified atom stereocenters. The Labute approximate surface area is 166 Å². The molecule has 5 rings (SSSR count). The summed E-state index contributed by atoms with van der Waals surface area (Å²) in [7, 11) is 0. The van der Waals surface area contributed by atoms with E-state index in [4.69, 9.17) is 5.73 Å². The maximum Gasteiger partial charge on any atom is 0.155 e. The van der Waals surface area contributed by atoms with E-state index in [-0.39, 0.29) is 10.8 Å². The van der Waals surface area contributed by atoms with E-state index in [2.05, 4.69) is 18.8 Å². The molecule has 5 atom stereocenters. The zero-order valence-electron chi connectivity index (χ0n) is 16.6. The first-order chi connectivity index (χ1) is 12.8. The molecule has 1 heterocycles. The number of carbonyl (C=O) groups excluding carboxylic acids is 2. The molecular weight excluding hydrogens is 356 g/mol. The van der Waals surface area contributed by atoms with Crippen LogP contribution in [0.4, 0.5) is 0 Å². The maximum atomic E-state index is 12.4. The average Bonchev–Trinajstić information content (AvgIpc) is 3.23. The van der Waals surface area contributed by atoms with E-state index < -0.39 is 0 Å². The van der Waals surface area contributed by atoms with Gasteiger partial charge in [-0.3, -0.25) is 14.6 Å². The summed E-state index contributed by atoms with van der Waals surface area (Å²) < 4.78 is 0. The molecule has 0 spiro atoms. The quantitative estimate of drug-likeness (QED) is 0.677. The maximum absolute atomic E-state index is 12.4. The zero-order chi connectivity index (χ0) is 19.2. The number of nitrogens with zero attached hydrogens (tertiary/aromatic N) is 1. The zero-order valence-corrected chi connectivity index (χ0v) is 17.4. The van der Waals surface area contributed by atoms with Crippen molar-refractivity contribution in [2.75, 3.05) is 12.3 Å². The topological polar surface area (TPSA) is 72.5 Å². The lowest BCUT2D eigenvalue weighted by Gasteiger charge is -2.56. The molecular formula is C22H32N2O2S. The minimum Gasteiger partial charge on any atom is -0.379 e. The Balaban J connectivity index is 0.000000257. The van der Waals surface area contributed by atoms with Gasteiger partial charge in [0, 0.05) is 24.0 Å². The van der Waals surface area contributed by atoms with Crippen molar-refractivity contribution in [3.8, 4) is 0 Å². The summed E-state index contributed by atoms with van der Waals surface area (Å²) >= 11 is 1.62. The van der Waals surface area contributed by atoms with E-state index in [1.165, 1.54) is 18.4 Å². The van der Waals surface area contributed by atoms with Crippen molar-refractivity contribution in [1.82, 2.24) is 0 Å². The predicted octanol–water partition coefficient (Wildman–Crippen LogP) is 4.14. The van der Waals surface area contributed by atoms with Gasteiger partial charge in [0.25, 0.3) is 0 Å². The van der Waals surface area contributed by atoms with Crippen LogP contribution in [0, 0.1) is 28.6 Å². The largest absolute Gasteiger partial charge is 0.379 e. The molecule has 4 nitrogen and oxygen atoms in total. The first-order valence-electron chi connectivity index (χ1n) is 10.5. The van der Waals surface area contributed by atoms with E-state index in [1.807, 2.05) is 6.08 Å². The normalized spacial score (nSPS) is 43.0. The molecule has 0 radical (unpaired) electrons. The number of ketones is 2. The van der Waals surface area contributed by atoms with Crippen LogP contribution in [-0.4, -0.2) is 29.0 Å². The van der Waals surface area contributed by atoms with Crippen LogP contribution in [0.2, 0.25) is 0 Å². The van der Waals surface area contributed by atoms with Crippen LogP contribution in [0.25, 0.3) is 0 Å². The van der Waals surface area contributed by atoms with Gasteiger partial charge >= 0.3 is 0 Å². The van der Waals surface area contributed by atoms with Crippen LogP contribution >= 0.6 is 11.8 Å². The second kappa shape index (κ2) is 7.06. The fraction of sp³-hybridized carbons (Fsp3) is 0.773. The van der Waals surface area contributed by atoms with Crippen LogP contribution < -0.4 is 5.73 Å². The van der Waals surface area contributed by atoms with Gasteiger partial charge in [0.1, 0.15) is 5.78 Å². The molecule has 148 valence electrons. The number of nitrogens with two attached hydrogens (primary N) is 1. The number of hydrogen-bond acceptors (Lipinski definition) is 5. The Kier molecular flexibility index (Phi) is 5.02. The highest BCUT2D eigenvalue weighted by Gasteiger charge is 2.58. The first-order valence-corrected chi connectivity index (χ1v) is 11.5. The number of rotatable bonds is 0. The van der Waals surface area contributed by atoms with Crippen molar-refractivity contribution < 1.29 is 9.59 Å². The van der Waals surface area contributed by atoms with Crippen LogP contribution in [0.1, 0.15) is 65.2 Å². The molecule has 0 saturated heterocycles. The molecule has 4 aliphatic carbocycles. The molecule has 2 N–H and O–H groups in total. The SMILES string of the molecule is C[C@]12CCC(=O)C=C1CC[C@@H]1[C@@H]2CC[C@]2(C)C(=O)CC[C@@H]12.NC1=NCCS1. The third kappa shape index (κ3) is 3.20. The molecule has 5 aliphatic rings. The molecule has 0 bridgehead atoms. The lowest BCUT2D eigenvalue weighted by atomic mass is 9.47. The van der Waals surface area contributed by atoms with Crippen LogP contribution in [-0.2, 0) is 9.59 Å². The van der Waals surface area contributed by atoms with Gasteiger partial charge in [-0.1, -0.05) is 31.2 Å². The highest BCUT2D eigenvalue weighted by molar-refractivity contribution is 8.14. The van der Waals surface area contributed by atoms with Crippen molar-refractivity contribution in [2.24, 2.45) is 39.3 Å². The molecule has 0 aromatic rings. The summed E-state index contributed by atoms with van der Waals surface area (Å²) in [6, 6.07) is 0. The van der Waals surface area contributed by atoms with E-state index in [9.17, 15) is 9.59 Å². The van der Waals surface area contributed by atoms with Gasteiger partial charge in [0.2, 0.25) is 0 Å². The van der Waals surface area contributed by atoms with Crippen molar-refractivity contribution in [2.45, 2.75) is 65.2 Å². The molecule has 27 heavy (non-hydrogen) atoms. The fourth-order valence-corrected chi connectivity index (χ4v) is 7.26. The van der Waals surface area contributed by atoms with E-state index in [0.717, 1.165) is 56.0 Å². The highest BCUT2D eigenvalue weighted by Crippen LogP contribution is 2.64. The summed E-state index contributed by atoms with van der Waals surface area (Å²) in [5, 5.41) is 0.745. The van der Waals surface area contributed by atoms with Crippen molar-refractivity contribution in [3.05, 3.63) is 11.6 Å². The summed E-state index contributed by atoms with van der Waals surface area (Å²) in [5.41, 5.74) is 6.89. The van der Waals surface area contributed by atoms with Gasteiger partial charge in [0.15, 0.2) is 11.0 Å². The molecule has 1 aliphatic heterocycles. The lowest BCUT2D eigenvalue weighted by molar-refractivity contribution is -0.132. The summed E-state index contributed by atoms with van der Waals surface area (Å²) in [6.07, 6.45) is 10.2.